The molecule has 2 N–H and O–H groups in total. The van der Waals surface area contributed by atoms with Gasteiger partial charge in [0.05, 0.1) is 5.69 Å². The normalized spacial score (nSPS) is 12.4. The number of nitrogens with zero attached hydrogens (tertiary/aromatic N) is 1. The second-order valence-electron chi connectivity index (χ2n) is 5.40. The number of nitrogens with one attached hydrogen (secondary N) is 2. The first-order valence-electron chi connectivity index (χ1n) is 7.44. The summed E-state index contributed by atoms with van der Waals surface area (Å²) < 4.78 is 14.4. The van der Waals surface area contributed by atoms with Crippen LogP contribution in [-0.2, 0) is 24.2 Å². The molecule has 0 fully saturated rings. The largest absolute Gasteiger partial charge is 0.324 e. The molecular weight excluding hydrogens is 352 g/mol. The van der Waals surface area contributed by atoms with Crippen LogP contribution in [0.3, 0.4) is 0 Å². The Labute approximate surface area is 153 Å². The van der Waals surface area contributed by atoms with Crippen molar-refractivity contribution in [2.45, 2.75) is 25.8 Å². The summed E-state index contributed by atoms with van der Waals surface area (Å²) in [5, 5.41) is 5.89. The highest BCUT2D eigenvalue weighted by molar-refractivity contribution is 5.91. The van der Waals surface area contributed by atoms with Crippen LogP contribution in [0.2, 0.25) is 0 Å². The maximum atomic E-state index is 14.4. The van der Waals surface area contributed by atoms with Gasteiger partial charge in [-0.3, -0.25) is 9.78 Å². The quantitative estimate of drug-likeness (QED) is 0.866. The summed E-state index contributed by atoms with van der Waals surface area (Å²) in [5.74, 6) is -0.471. The Morgan fingerprint density at radius 1 is 1.21 bits per heavy atom. The van der Waals surface area contributed by atoms with Crippen LogP contribution in [0, 0.1) is 5.82 Å². The van der Waals surface area contributed by atoms with Crippen molar-refractivity contribution < 1.29 is 9.18 Å². The third kappa shape index (κ3) is 4.90. The number of carbonyl (C=O) groups is 1. The van der Waals surface area contributed by atoms with Gasteiger partial charge in [0.2, 0.25) is 5.91 Å². The van der Waals surface area contributed by atoms with E-state index in [0.29, 0.717) is 31.4 Å². The predicted molar refractivity (Wildman–Crippen MR) is 97.5 cm³/mol. The maximum absolute atomic E-state index is 14.4. The first kappa shape index (κ1) is 20.4. The van der Waals surface area contributed by atoms with E-state index in [1.54, 1.807) is 18.5 Å². The molecule has 130 valence electrons. The zero-order valence-corrected chi connectivity index (χ0v) is 14.7. The van der Waals surface area contributed by atoms with Gasteiger partial charge in [-0.15, -0.1) is 24.8 Å². The lowest BCUT2D eigenvalue weighted by Crippen LogP contribution is -2.25. The van der Waals surface area contributed by atoms with Gasteiger partial charge in [-0.05, 0) is 54.3 Å². The first-order chi connectivity index (χ1) is 10.7. The maximum Gasteiger partial charge on any atom is 0.224 e. The van der Waals surface area contributed by atoms with E-state index in [2.05, 4.69) is 15.6 Å². The number of benzene rings is 1. The molecule has 1 aromatic heterocycles. The van der Waals surface area contributed by atoms with Gasteiger partial charge in [0.1, 0.15) is 5.82 Å². The SMILES string of the molecule is Cl.Cl.O=C(CCc1ccncc1)Nc1ccc2c(c1F)CCNC2. The summed E-state index contributed by atoms with van der Waals surface area (Å²) >= 11 is 0. The minimum absolute atomic E-state index is 0. The first-order valence-corrected chi connectivity index (χ1v) is 7.44. The van der Waals surface area contributed by atoms with Crippen LogP contribution in [0.25, 0.3) is 0 Å². The molecule has 0 saturated heterocycles. The van der Waals surface area contributed by atoms with Crippen LogP contribution in [0.15, 0.2) is 36.7 Å². The van der Waals surface area contributed by atoms with Gasteiger partial charge in [-0.25, -0.2) is 4.39 Å². The van der Waals surface area contributed by atoms with Gasteiger partial charge < -0.3 is 10.6 Å². The molecule has 24 heavy (non-hydrogen) atoms. The van der Waals surface area contributed by atoms with E-state index in [0.717, 1.165) is 17.7 Å². The minimum atomic E-state index is -0.295. The van der Waals surface area contributed by atoms with E-state index in [-0.39, 0.29) is 42.2 Å². The number of aromatic nitrogens is 1. The Morgan fingerprint density at radius 3 is 2.71 bits per heavy atom. The summed E-state index contributed by atoms with van der Waals surface area (Å²) in [7, 11) is 0. The minimum Gasteiger partial charge on any atom is -0.324 e. The fraction of sp³-hybridized carbons (Fsp3) is 0.294. The summed E-state index contributed by atoms with van der Waals surface area (Å²) in [5.41, 5.74) is 3.01. The topological polar surface area (TPSA) is 54.0 Å². The van der Waals surface area contributed by atoms with Crippen LogP contribution >= 0.6 is 24.8 Å². The van der Waals surface area contributed by atoms with Gasteiger partial charge in [-0.2, -0.15) is 0 Å². The second-order valence-corrected chi connectivity index (χ2v) is 5.40. The van der Waals surface area contributed by atoms with Crippen molar-refractivity contribution in [1.82, 2.24) is 10.3 Å². The fourth-order valence-corrected chi connectivity index (χ4v) is 2.65. The molecular formula is C17H20Cl2FN3O. The van der Waals surface area contributed by atoms with Crippen molar-refractivity contribution in [1.29, 1.82) is 0 Å². The highest BCUT2D eigenvalue weighted by atomic mass is 35.5. The third-order valence-electron chi connectivity index (χ3n) is 3.87. The number of rotatable bonds is 4. The summed E-state index contributed by atoms with van der Waals surface area (Å²) in [4.78, 5) is 15.9. The molecule has 0 aliphatic carbocycles. The number of pyridine rings is 1. The zero-order chi connectivity index (χ0) is 15.4. The number of amides is 1. The zero-order valence-electron chi connectivity index (χ0n) is 13.0. The molecule has 0 unspecified atom stereocenters. The molecule has 0 bridgehead atoms. The number of carbonyl (C=O) groups excluding carboxylic acids is 1. The molecule has 1 aliphatic heterocycles. The van der Waals surface area contributed by atoms with Crippen LogP contribution in [0.4, 0.5) is 10.1 Å². The Bertz CT molecular complexity index is 683. The van der Waals surface area contributed by atoms with Crippen LogP contribution in [0.1, 0.15) is 23.1 Å². The average molecular weight is 372 g/mol. The second kappa shape index (κ2) is 9.57. The van der Waals surface area contributed by atoms with Crippen molar-refractivity contribution >= 4 is 36.4 Å². The summed E-state index contributed by atoms with van der Waals surface area (Å²) in [6.07, 6.45) is 4.99. The number of halogens is 3. The van der Waals surface area contributed by atoms with Crippen LogP contribution in [-0.4, -0.2) is 17.4 Å². The number of hydrogen-bond donors (Lipinski definition) is 2. The van der Waals surface area contributed by atoms with E-state index in [1.807, 2.05) is 18.2 Å². The Morgan fingerprint density at radius 2 is 1.96 bits per heavy atom. The Kier molecular flexibility index (Phi) is 8.11. The lowest BCUT2D eigenvalue weighted by atomic mass is 9.99. The number of anilines is 1. The smallest absolute Gasteiger partial charge is 0.224 e. The van der Waals surface area contributed by atoms with Gasteiger partial charge in [-0.1, -0.05) is 6.07 Å². The lowest BCUT2D eigenvalue weighted by Gasteiger charge is -2.19. The van der Waals surface area contributed by atoms with Crippen molar-refractivity contribution in [3.63, 3.8) is 0 Å². The van der Waals surface area contributed by atoms with Gasteiger partial charge in [0.15, 0.2) is 0 Å². The van der Waals surface area contributed by atoms with Crippen molar-refractivity contribution in [3.8, 4) is 0 Å². The molecule has 0 saturated carbocycles. The molecule has 0 radical (unpaired) electrons. The van der Waals surface area contributed by atoms with Crippen molar-refractivity contribution in [3.05, 3.63) is 59.2 Å². The van der Waals surface area contributed by atoms with Gasteiger partial charge in [0, 0.05) is 25.4 Å². The van der Waals surface area contributed by atoms with Crippen molar-refractivity contribution in [2.75, 3.05) is 11.9 Å². The van der Waals surface area contributed by atoms with Crippen molar-refractivity contribution in [2.24, 2.45) is 0 Å². The Balaban J connectivity index is 0.00000144. The predicted octanol–water partition coefficient (Wildman–Crippen LogP) is 3.28. The van der Waals surface area contributed by atoms with E-state index < -0.39 is 0 Å². The summed E-state index contributed by atoms with van der Waals surface area (Å²) in [6, 6.07) is 7.27. The molecule has 0 atom stereocenters. The number of aryl methyl sites for hydroxylation is 1. The Hall–Kier alpha value is -1.69. The molecule has 1 aliphatic rings. The number of fused-ring (bicyclic) bond motifs is 1. The van der Waals surface area contributed by atoms with E-state index >= 15 is 0 Å². The molecule has 3 rings (SSSR count). The molecule has 1 amide bonds. The highest BCUT2D eigenvalue weighted by Crippen LogP contribution is 2.24. The lowest BCUT2D eigenvalue weighted by molar-refractivity contribution is -0.116. The van der Waals surface area contributed by atoms with E-state index in [9.17, 15) is 9.18 Å². The molecule has 1 aromatic carbocycles. The molecule has 4 nitrogen and oxygen atoms in total. The fourth-order valence-electron chi connectivity index (χ4n) is 2.65. The average Bonchev–Trinajstić information content (AvgIpc) is 2.57. The molecule has 2 aromatic rings. The molecule has 2 heterocycles. The molecule has 0 spiro atoms. The monoisotopic (exact) mass is 371 g/mol. The van der Waals surface area contributed by atoms with E-state index in [4.69, 9.17) is 0 Å². The standard InChI is InChI=1S/C17H18FN3O.2ClH/c18-17-14-7-10-20-11-13(14)2-3-15(17)21-16(22)4-1-12-5-8-19-9-6-12;;/h2-3,5-6,8-9,20H,1,4,7,10-11H2,(H,21,22);2*1H. The third-order valence-corrected chi connectivity index (χ3v) is 3.87. The van der Waals surface area contributed by atoms with E-state index in [1.165, 1.54) is 0 Å². The number of hydrogen-bond acceptors (Lipinski definition) is 3. The highest BCUT2D eigenvalue weighted by Gasteiger charge is 2.17. The van der Waals surface area contributed by atoms with Gasteiger partial charge >= 0.3 is 0 Å². The van der Waals surface area contributed by atoms with Crippen LogP contribution in [0.5, 0.6) is 0 Å². The molecule has 7 heteroatoms. The van der Waals surface area contributed by atoms with Gasteiger partial charge in [0.25, 0.3) is 0 Å². The summed E-state index contributed by atoms with van der Waals surface area (Å²) in [6.45, 7) is 1.45. The van der Waals surface area contributed by atoms with Crippen LogP contribution < -0.4 is 10.6 Å².